The molecule has 4 aromatic rings. The number of benzene rings is 4. The van der Waals surface area contributed by atoms with Gasteiger partial charge in [-0.25, -0.2) is 4.39 Å². The first-order chi connectivity index (χ1) is 14.6. The van der Waals surface area contributed by atoms with Crippen molar-refractivity contribution in [3.63, 3.8) is 0 Å². The van der Waals surface area contributed by atoms with E-state index in [0.717, 1.165) is 32.8 Å². The van der Waals surface area contributed by atoms with Gasteiger partial charge in [-0.15, -0.1) is 0 Å². The molecule has 148 valence electrons. The molecule has 4 heteroatoms. The molecule has 0 atom stereocenters. The molecule has 4 aromatic carbocycles. The van der Waals surface area contributed by atoms with Gasteiger partial charge in [0.2, 0.25) is 0 Å². The van der Waals surface area contributed by atoms with E-state index in [9.17, 15) is 14.4 Å². The first kappa shape index (κ1) is 19.6. The van der Waals surface area contributed by atoms with Crippen LogP contribution in [0.15, 0.2) is 66.7 Å². The van der Waals surface area contributed by atoms with Gasteiger partial charge in [-0.3, -0.25) is 4.79 Å². The highest BCUT2D eigenvalue weighted by atomic mass is 19.1. The van der Waals surface area contributed by atoms with Gasteiger partial charge >= 0.3 is 5.97 Å². The number of rotatable bonds is 5. The van der Waals surface area contributed by atoms with E-state index in [0.29, 0.717) is 24.0 Å². The van der Waals surface area contributed by atoms with Crippen LogP contribution in [-0.4, -0.2) is 12.6 Å². The van der Waals surface area contributed by atoms with Crippen LogP contribution in [0, 0.1) is 17.1 Å². The summed E-state index contributed by atoms with van der Waals surface area (Å²) >= 11 is 0. The number of aryl methyl sites for hydroxylation is 1. The molecular formula is C26H20FNO2. The molecule has 4 rings (SSSR count). The number of carbonyl (C=O) groups excluding carboxylic acids is 1. The molecule has 0 spiro atoms. The number of nitriles is 1. The van der Waals surface area contributed by atoms with Crippen molar-refractivity contribution in [1.29, 1.82) is 5.26 Å². The lowest BCUT2D eigenvalue weighted by atomic mass is 9.87. The molecule has 0 heterocycles. The normalized spacial score (nSPS) is 10.8. The van der Waals surface area contributed by atoms with Gasteiger partial charge in [0.15, 0.2) is 0 Å². The maximum absolute atomic E-state index is 14.4. The summed E-state index contributed by atoms with van der Waals surface area (Å²) in [5.41, 5.74) is 2.86. The van der Waals surface area contributed by atoms with Gasteiger partial charge in [0.1, 0.15) is 11.9 Å². The largest absolute Gasteiger partial charge is 0.466 e. The number of fused-ring (bicyclic) bond motifs is 2. The molecule has 0 bridgehead atoms. The van der Waals surface area contributed by atoms with Crippen LogP contribution in [0.25, 0.3) is 32.7 Å². The highest BCUT2D eigenvalue weighted by Crippen LogP contribution is 2.37. The summed E-state index contributed by atoms with van der Waals surface area (Å²) in [6.45, 7) is 2.10. The minimum Gasteiger partial charge on any atom is -0.466 e. The Bertz CT molecular complexity index is 1300. The number of hydrogen-bond donors (Lipinski definition) is 0. The topological polar surface area (TPSA) is 50.1 Å². The van der Waals surface area contributed by atoms with Crippen molar-refractivity contribution in [3.8, 4) is 17.2 Å². The van der Waals surface area contributed by atoms with E-state index in [1.54, 1.807) is 25.1 Å². The lowest BCUT2D eigenvalue weighted by Gasteiger charge is -2.16. The average molecular weight is 397 g/mol. The Hall–Kier alpha value is -3.71. The number of nitrogens with zero attached hydrogens (tertiary/aromatic N) is 1. The van der Waals surface area contributed by atoms with Gasteiger partial charge < -0.3 is 4.74 Å². The molecule has 30 heavy (non-hydrogen) atoms. The number of hydrogen-bond acceptors (Lipinski definition) is 3. The Kier molecular flexibility index (Phi) is 5.45. The molecule has 0 amide bonds. The van der Waals surface area contributed by atoms with E-state index < -0.39 is 0 Å². The zero-order valence-electron chi connectivity index (χ0n) is 16.6. The second-order valence-electron chi connectivity index (χ2n) is 7.06. The van der Waals surface area contributed by atoms with Crippen LogP contribution in [0.5, 0.6) is 0 Å². The van der Waals surface area contributed by atoms with Crippen molar-refractivity contribution in [1.82, 2.24) is 0 Å². The lowest BCUT2D eigenvalue weighted by molar-refractivity contribution is -0.143. The standard InChI is InChI=1S/C26H20FNO2/c1-2-30-26(29)14-12-20-18-8-4-3-7-17(18)15-23(24(20)16-28)21-11-13-25(27)22-10-6-5-9-19(21)22/h3-11,13,15H,2,12,14H2,1H3. The number of carbonyl (C=O) groups is 1. The van der Waals surface area contributed by atoms with E-state index >= 15 is 0 Å². The third kappa shape index (κ3) is 3.51. The number of halogens is 1. The quantitative estimate of drug-likeness (QED) is 0.379. The molecule has 0 fully saturated rings. The van der Waals surface area contributed by atoms with Crippen LogP contribution in [0.1, 0.15) is 24.5 Å². The summed E-state index contributed by atoms with van der Waals surface area (Å²) < 4.78 is 19.4. The van der Waals surface area contributed by atoms with Crippen molar-refractivity contribution in [3.05, 3.63) is 83.7 Å². The zero-order valence-corrected chi connectivity index (χ0v) is 16.6. The molecule has 0 aliphatic rings. The van der Waals surface area contributed by atoms with E-state index in [-0.39, 0.29) is 18.2 Å². The molecule has 3 nitrogen and oxygen atoms in total. The lowest BCUT2D eigenvalue weighted by Crippen LogP contribution is -2.07. The minimum atomic E-state index is -0.295. The monoisotopic (exact) mass is 397 g/mol. The Morgan fingerprint density at radius 2 is 1.67 bits per heavy atom. The van der Waals surface area contributed by atoms with E-state index in [1.165, 1.54) is 6.07 Å². The number of ether oxygens (including phenoxy) is 1. The van der Waals surface area contributed by atoms with E-state index in [1.807, 2.05) is 42.5 Å². The van der Waals surface area contributed by atoms with E-state index in [2.05, 4.69) is 6.07 Å². The smallest absolute Gasteiger partial charge is 0.306 e. The summed E-state index contributed by atoms with van der Waals surface area (Å²) in [6, 6.07) is 22.5. The van der Waals surface area contributed by atoms with E-state index in [4.69, 9.17) is 4.74 Å². The maximum Gasteiger partial charge on any atom is 0.306 e. The second-order valence-corrected chi connectivity index (χ2v) is 7.06. The van der Waals surface area contributed by atoms with Gasteiger partial charge in [-0.1, -0.05) is 54.6 Å². The summed E-state index contributed by atoms with van der Waals surface area (Å²) in [6.07, 6.45) is 0.593. The van der Waals surface area contributed by atoms with Crippen LogP contribution < -0.4 is 0 Å². The summed E-state index contributed by atoms with van der Waals surface area (Å²) in [5.74, 6) is -0.584. The molecule has 0 saturated carbocycles. The summed E-state index contributed by atoms with van der Waals surface area (Å²) in [7, 11) is 0. The fourth-order valence-corrected chi connectivity index (χ4v) is 3.98. The molecule has 0 aromatic heterocycles. The summed E-state index contributed by atoms with van der Waals surface area (Å²) in [4.78, 5) is 12.0. The first-order valence-electron chi connectivity index (χ1n) is 9.92. The van der Waals surface area contributed by atoms with Crippen LogP contribution in [0.3, 0.4) is 0 Å². The predicted molar refractivity (Wildman–Crippen MR) is 117 cm³/mol. The third-order valence-corrected chi connectivity index (χ3v) is 5.31. The summed E-state index contributed by atoms with van der Waals surface area (Å²) in [5, 5.41) is 13.2. The van der Waals surface area contributed by atoms with Gasteiger partial charge in [-0.2, -0.15) is 5.26 Å². The van der Waals surface area contributed by atoms with Crippen molar-refractivity contribution in [2.75, 3.05) is 6.61 Å². The van der Waals surface area contributed by atoms with Crippen molar-refractivity contribution >= 4 is 27.5 Å². The van der Waals surface area contributed by atoms with Crippen LogP contribution in [0.2, 0.25) is 0 Å². The average Bonchev–Trinajstić information content (AvgIpc) is 2.77. The Morgan fingerprint density at radius 1 is 0.967 bits per heavy atom. The second kappa shape index (κ2) is 8.34. The molecule has 0 radical (unpaired) electrons. The highest BCUT2D eigenvalue weighted by molar-refractivity contribution is 6.02. The Morgan fingerprint density at radius 3 is 2.40 bits per heavy atom. The maximum atomic E-state index is 14.4. The molecule has 0 N–H and O–H groups in total. The Labute approximate surface area is 174 Å². The van der Waals surface area contributed by atoms with Crippen LogP contribution >= 0.6 is 0 Å². The molecular weight excluding hydrogens is 377 g/mol. The van der Waals surface area contributed by atoms with Crippen molar-refractivity contribution in [2.45, 2.75) is 19.8 Å². The third-order valence-electron chi connectivity index (χ3n) is 5.31. The predicted octanol–water partition coefficient (Wildman–Crippen LogP) is 6.17. The van der Waals surface area contributed by atoms with Gasteiger partial charge in [-0.05, 0) is 52.8 Å². The molecule has 0 aliphatic carbocycles. The fourth-order valence-electron chi connectivity index (χ4n) is 3.98. The SMILES string of the molecule is CCOC(=O)CCc1c(C#N)c(-c2ccc(F)c3ccccc23)cc2ccccc12. The van der Waals surface area contributed by atoms with Gasteiger partial charge in [0.05, 0.1) is 12.2 Å². The first-order valence-corrected chi connectivity index (χ1v) is 9.92. The number of esters is 1. The van der Waals surface area contributed by atoms with Crippen LogP contribution in [-0.2, 0) is 16.0 Å². The molecule has 0 saturated heterocycles. The van der Waals surface area contributed by atoms with Gasteiger partial charge in [0, 0.05) is 17.4 Å². The van der Waals surface area contributed by atoms with Crippen molar-refractivity contribution in [2.24, 2.45) is 0 Å². The minimum absolute atomic E-state index is 0.195. The Balaban J connectivity index is 1.97. The highest BCUT2D eigenvalue weighted by Gasteiger charge is 2.18. The van der Waals surface area contributed by atoms with Crippen LogP contribution in [0.4, 0.5) is 4.39 Å². The zero-order chi connectivity index (χ0) is 21.1. The van der Waals surface area contributed by atoms with Gasteiger partial charge in [0.25, 0.3) is 0 Å². The fraction of sp³-hybridized carbons (Fsp3) is 0.154. The van der Waals surface area contributed by atoms with Crippen molar-refractivity contribution < 1.29 is 13.9 Å². The molecule has 0 unspecified atom stereocenters. The molecule has 0 aliphatic heterocycles.